The van der Waals surface area contributed by atoms with Crippen molar-refractivity contribution in [3.63, 3.8) is 0 Å². The van der Waals surface area contributed by atoms with Gasteiger partial charge >= 0.3 is 0 Å². The SMILES string of the molecule is COc1ccccc1N1CCN(C(=O)C[C@@H]2C(=O)NCCN2C(C)C)CC1. The van der Waals surface area contributed by atoms with Crippen LogP contribution in [-0.4, -0.2) is 80.1 Å². The molecule has 0 bridgehead atoms. The molecule has 1 aromatic rings. The van der Waals surface area contributed by atoms with Crippen LogP contribution in [0.4, 0.5) is 5.69 Å². The number of carbonyl (C=O) groups is 2. The molecule has 27 heavy (non-hydrogen) atoms. The van der Waals surface area contributed by atoms with Crippen molar-refractivity contribution in [1.82, 2.24) is 15.1 Å². The number of methoxy groups -OCH3 is 1. The Hall–Kier alpha value is -2.28. The Bertz CT molecular complexity index is 671. The number of carbonyl (C=O) groups excluding carboxylic acids is 2. The quantitative estimate of drug-likeness (QED) is 0.831. The van der Waals surface area contributed by atoms with Crippen molar-refractivity contribution in [2.75, 3.05) is 51.3 Å². The highest BCUT2D eigenvalue weighted by Gasteiger charge is 2.34. The van der Waals surface area contributed by atoms with Gasteiger partial charge in [0.2, 0.25) is 11.8 Å². The molecule has 7 nitrogen and oxygen atoms in total. The van der Waals surface area contributed by atoms with Gasteiger partial charge in [0, 0.05) is 45.3 Å². The molecule has 3 rings (SSSR count). The third kappa shape index (κ3) is 4.35. The number of hydrogen-bond donors (Lipinski definition) is 1. The molecule has 2 aliphatic heterocycles. The average Bonchev–Trinajstić information content (AvgIpc) is 2.69. The molecule has 148 valence electrons. The number of rotatable bonds is 5. The van der Waals surface area contributed by atoms with E-state index >= 15 is 0 Å². The summed E-state index contributed by atoms with van der Waals surface area (Å²) in [5.41, 5.74) is 1.06. The van der Waals surface area contributed by atoms with Gasteiger partial charge in [-0.3, -0.25) is 14.5 Å². The van der Waals surface area contributed by atoms with Crippen LogP contribution >= 0.6 is 0 Å². The van der Waals surface area contributed by atoms with Crippen LogP contribution in [0, 0.1) is 0 Å². The molecular weight excluding hydrogens is 344 g/mol. The van der Waals surface area contributed by atoms with Gasteiger partial charge in [-0.05, 0) is 26.0 Å². The summed E-state index contributed by atoms with van der Waals surface area (Å²) in [6, 6.07) is 7.84. The second kappa shape index (κ2) is 8.61. The maximum absolute atomic E-state index is 12.8. The zero-order chi connectivity index (χ0) is 19.4. The van der Waals surface area contributed by atoms with Crippen LogP contribution < -0.4 is 15.0 Å². The van der Waals surface area contributed by atoms with Crippen LogP contribution in [0.3, 0.4) is 0 Å². The zero-order valence-corrected chi connectivity index (χ0v) is 16.5. The minimum Gasteiger partial charge on any atom is -0.495 e. The molecule has 0 unspecified atom stereocenters. The van der Waals surface area contributed by atoms with Crippen molar-refractivity contribution >= 4 is 17.5 Å². The van der Waals surface area contributed by atoms with Gasteiger partial charge in [0.05, 0.1) is 25.3 Å². The van der Waals surface area contributed by atoms with Gasteiger partial charge in [-0.1, -0.05) is 12.1 Å². The van der Waals surface area contributed by atoms with Gasteiger partial charge < -0.3 is 19.9 Å². The van der Waals surface area contributed by atoms with Gasteiger partial charge in [0.15, 0.2) is 0 Å². The lowest BCUT2D eigenvalue weighted by Gasteiger charge is -2.40. The fourth-order valence-electron chi connectivity index (χ4n) is 3.94. The van der Waals surface area contributed by atoms with E-state index in [4.69, 9.17) is 4.74 Å². The lowest BCUT2D eigenvalue weighted by molar-refractivity contribution is -0.139. The first-order chi connectivity index (χ1) is 13.0. The summed E-state index contributed by atoms with van der Waals surface area (Å²) in [5, 5.41) is 2.89. The van der Waals surface area contributed by atoms with E-state index in [9.17, 15) is 9.59 Å². The summed E-state index contributed by atoms with van der Waals surface area (Å²) < 4.78 is 5.45. The summed E-state index contributed by atoms with van der Waals surface area (Å²) in [7, 11) is 1.67. The molecule has 2 saturated heterocycles. The summed E-state index contributed by atoms with van der Waals surface area (Å²) in [6.45, 7) is 8.43. The van der Waals surface area contributed by atoms with Gasteiger partial charge in [0.1, 0.15) is 5.75 Å². The molecule has 0 aromatic heterocycles. The number of amides is 2. The van der Waals surface area contributed by atoms with Crippen molar-refractivity contribution in [1.29, 1.82) is 0 Å². The van der Waals surface area contributed by atoms with Crippen molar-refractivity contribution in [3.05, 3.63) is 24.3 Å². The molecule has 2 fully saturated rings. The number of para-hydroxylation sites is 2. The predicted octanol–water partition coefficient (Wildman–Crippen LogP) is 0.943. The lowest BCUT2D eigenvalue weighted by Crippen LogP contribution is -2.59. The molecule has 1 aromatic carbocycles. The summed E-state index contributed by atoms with van der Waals surface area (Å²) >= 11 is 0. The second-order valence-corrected chi connectivity index (χ2v) is 7.38. The Balaban J connectivity index is 1.59. The highest BCUT2D eigenvalue weighted by atomic mass is 16.5. The van der Waals surface area contributed by atoms with E-state index in [1.807, 2.05) is 29.2 Å². The summed E-state index contributed by atoms with van der Waals surface area (Å²) in [6.07, 6.45) is 0.249. The number of nitrogens with one attached hydrogen (secondary N) is 1. The second-order valence-electron chi connectivity index (χ2n) is 7.38. The molecule has 0 saturated carbocycles. The smallest absolute Gasteiger partial charge is 0.237 e. The van der Waals surface area contributed by atoms with E-state index in [0.717, 1.165) is 31.1 Å². The Morgan fingerprint density at radius 2 is 1.89 bits per heavy atom. The van der Waals surface area contributed by atoms with E-state index in [1.165, 1.54) is 0 Å². The highest BCUT2D eigenvalue weighted by Crippen LogP contribution is 2.28. The minimum absolute atomic E-state index is 0.0315. The minimum atomic E-state index is -0.363. The molecule has 2 aliphatic rings. The van der Waals surface area contributed by atoms with Crippen molar-refractivity contribution in [2.45, 2.75) is 32.4 Å². The molecule has 0 aliphatic carbocycles. The molecule has 7 heteroatoms. The van der Waals surface area contributed by atoms with Crippen LogP contribution in [0.2, 0.25) is 0 Å². The van der Waals surface area contributed by atoms with Crippen LogP contribution in [0.15, 0.2) is 24.3 Å². The lowest BCUT2D eigenvalue weighted by atomic mass is 10.1. The molecule has 2 heterocycles. The first-order valence-electron chi connectivity index (χ1n) is 9.70. The average molecular weight is 374 g/mol. The third-order valence-corrected chi connectivity index (χ3v) is 5.46. The van der Waals surface area contributed by atoms with E-state index in [2.05, 4.69) is 29.0 Å². The predicted molar refractivity (Wildman–Crippen MR) is 105 cm³/mol. The van der Waals surface area contributed by atoms with Crippen LogP contribution in [0.1, 0.15) is 20.3 Å². The zero-order valence-electron chi connectivity index (χ0n) is 16.5. The number of ether oxygens (including phenoxy) is 1. The Morgan fingerprint density at radius 1 is 1.19 bits per heavy atom. The van der Waals surface area contributed by atoms with Gasteiger partial charge in [0.25, 0.3) is 0 Å². The fraction of sp³-hybridized carbons (Fsp3) is 0.600. The van der Waals surface area contributed by atoms with Gasteiger partial charge in [-0.15, -0.1) is 0 Å². The highest BCUT2D eigenvalue weighted by molar-refractivity contribution is 5.89. The van der Waals surface area contributed by atoms with E-state index in [0.29, 0.717) is 19.6 Å². The van der Waals surface area contributed by atoms with Crippen molar-refractivity contribution in [2.24, 2.45) is 0 Å². The first kappa shape index (κ1) is 19.5. The summed E-state index contributed by atoms with van der Waals surface area (Å²) in [4.78, 5) is 31.4. The molecule has 1 N–H and O–H groups in total. The molecule has 0 radical (unpaired) electrons. The largest absolute Gasteiger partial charge is 0.495 e. The normalized spacial score (nSPS) is 21.3. The Labute approximate surface area is 161 Å². The number of nitrogens with zero attached hydrogens (tertiary/aromatic N) is 3. The van der Waals surface area contributed by atoms with E-state index < -0.39 is 0 Å². The maximum Gasteiger partial charge on any atom is 0.237 e. The monoisotopic (exact) mass is 374 g/mol. The Morgan fingerprint density at radius 3 is 2.56 bits per heavy atom. The number of benzene rings is 1. The Kier molecular flexibility index (Phi) is 6.21. The number of hydrogen-bond acceptors (Lipinski definition) is 5. The van der Waals surface area contributed by atoms with Crippen LogP contribution in [-0.2, 0) is 9.59 Å². The number of anilines is 1. The van der Waals surface area contributed by atoms with Crippen LogP contribution in [0.5, 0.6) is 5.75 Å². The molecule has 1 atom stereocenters. The van der Waals surface area contributed by atoms with E-state index in [-0.39, 0.29) is 30.3 Å². The fourth-order valence-corrected chi connectivity index (χ4v) is 3.94. The standard InChI is InChI=1S/C20H30N4O3/c1-15(2)24-9-8-21-20(26)17(24)14-19(25)23-12-10-22(11-13-23)16-6-4-5-7-18(16)27-3/h4-7,15,17H,8-14H2,1-3H3,(H,21,26)/t17-/m1/s1. The van der Waals surface area contributed by atoms with Gasteiger partial charge in [-0.25, -0.2) is 0 Å². The molecular formula is C20H30N4O3. The topological polar surface area (TPSA) is 65.1 Å². The van der Waals surface area contributed by atoms with Crippen LogP contribution in [0.25, 0.3) is 0 Å². The molecule has 0 spiro atoms. The summed E-state index contributed by atoms with van der Waals surface area (Å²) in [5.74, 6) is 0.877. The van der Waals surface area contributed by atoms with Crippen molar-refractivity contribution in [3.8, 4) is 5.75 Å². The first-order valence-corrected chi connectivity index (χ1v) is 9.70. The molecule has 2 amide bonds. The third-order valence-electron chi connectivity index (χ3n) is 5.46. The van der Waals surface area contributed by atoms with Gasteiger partial charge in [-0.2, -0.15) is 0 Å². The maximum atomic E-state index is 12.8. The number of piperazine rings is 2. The van der Waals surface area contributed by atoms with Crippen molar-refractivity contribution < 1.29 is 14.3 Å². The van der Waals surface area contributed by atoms with E-state index in [1.54, 1.807) is 7.11 Å².